The molecule has 0 fully saturated rings. The molecule has 0 unspecified atom stereocenters. The Labute approximate surface area is 112 Å². The molecule has 0 saturated heterocycles. The molecule has 1 aromatic rings. The summed E-state index contributed by atoms with van der Waals surface area (Å²) in [6.07, 6.45) is 2.39. The van der Waals surface area contributed by atoms with Crippen molar-refractivity contribution in [1.29, 1.82) is 0 Å². The third-order valence-electron chi connectivity index (χ3n) is 2.56. The molecule has 0 bridgehead atoms. The molecule has 0 heterocycles. The van der Waals surface area contributed by atoms with E-state index >= 15 is 0 Å². The summed E-state index contributed by atoms with van der Waals surface area (Å²) in [6.45, 7) is 5.12. The molecule has 0 aromatic heterocycles. The number of esters is 1. The number of carbonyl (C=O) groups excluding carboxylic acids is 1. The summed E-state index contributed by atoms with van der Waals surface area (Å²) in [5, 5.41) is 8.54. The van der Waals surface area contributed by atoms with Crippen LogP contribution in [-0.4, -0.2) is 17.0 Å². The van der Waals surface area contributed by atoms with Crippen LogP contribution in [0.4, 0.5) is 0 Å². The molecule has 0 saturated carbocycles. The van der Waals surface area contributed by atoms with Gasteiger partial charge in [0.25, 0.3) is 0 Å². The molecule has 0 aliphatic rings. The average molecular weight is 262 g/mol. The van der Waals surface area contributed by atoms with Crippen LogP contribution >= 0.6 is 0 Å². The molecule has 0 aliphatic carbocycles. The summed E-state index contributed by atoms with van der Waals surface area (Å²) in [4.78, 5) is 21.8. The molecule has 1 rings (SSSR count). The van der Waals surface area contributed by atoms with Gasteiger partial charge in [0.1, 0.15) is 5.75 Å². The van der Waals surface area contributed by atoms with E-state index < -0.39 is 11.9 Å². The van der Waals surface area contributed by atoms with Crippen LogP contribution in [0.25, 0.3) is 0 Å². The zero-order chi connectivity index (χ0) is 14.3. The van der Waals surface area contributed by atoms with Crippen molar-refractivity contribution in [2.75, 3.05) is 0 Å². The standard InChI is InChI=1S/C15H18O4/c1-11(2)15(18)19-13-8-5-7-12(10-13)6-3-4-9-14(16)17/h5,7-8,10H,1,3-4,6,9H2,2H3,(H,16,17). The SMILES string of the molecule is C=C(C)C(=O)Oc1cccc(CCCCC(=O)O)c1. The minimum atomic E-state index is -0.774. The van der Waals surface area contributed by atoms with Gasteiger partial charge in [0.05, 0.1) is 0 Å². The van der Waals surface area contributed by atoms with E-state index in [0.717, 1.165) is 18.4 Å². The molecule has 0 atom stereocenters. The summed E-state index contributed by atoms with van der Waals surface area (Å²) in [7, 11) is 0. The van der Waals surface area contributed by atoms with Crippen molar-refractivity contribution in [2.45, 2.75) is 32.6 Å². The number of carboxylic acids is 1. The minimum absolute atomic E-state index is 0.185. The number of carboxylic acid groups (broad SMARTS) is 1. The van der Waals surface area contributed by atoms with E-state index in [4.69, 9.17) is 9.84 Å². The van der Waals surface area contributed by atoms with Crippen LogP contribution in [0.5, 0.6) is 5.75 Å². The van der Waals surface area contributed by atoms with Crippen LogP contribution in [0.15, 0.2) is 36.4 Å². The van der Waals surface area contributed by atoms with E-state index in [0.29, 0.717) is 17.7 Å². The van der Waals surface area contributed by atoms with Crippen molar-refractivity contribution in [3.05, 3.63) is 42.0 Å². The van der Waals surface area contributed by atoms with Gasteiger partial charge in [0, 0.05) is 12.0 Å². The lowest BCUT2D eigenvalue weighted by molar-refractivity contribution is -0.137. The number of unbranched alkanes of at least 4 members (excludes halogenated alkanes) is 1. The monoisotopic (exact) mass is 262 g/mol. The number of aliphatic carboxylic acids is 1. The third kappa shape index (κ3) is 5.86. The van der Waals surface area contributed by atoms with Gasteiger partial charge < -0.3 is 9.84 Å². The van der Waals surface area contributed by atoms with Gasteiger partial charge in [-0.25, -0.2) is 4.79 Å². The predicted molar refractivity (Wildman–Crippen MR) is 72.1 cm³/mol. The quantitative estimate of drug-likeness (QED) is 0.355. The van der Waals surface area contributed by atoms with Crippen LogP contribution in [0.1, 0.15) is 31.7 Å². The Balaban J connectivity index is 2.50. The summed E-state index contributed by atoms with van der Waals surface area (Å²) in [6, 6.07) is 7.25. The molecule has 102 valence electrons. The maximum atomic E-state index is 11.4. The number of benzene rings is 1. The molecule has 0 radical (unpaired) electrons. The van der Waals surface area contributed by atoms with Crippen LogP contribution in [0.2, 0.25) is 0 Å². The summed E-state index contributed by atoms with van der Waals surface area (Å²) in [5.41, 5.74) is 1.38. The normalized spacial score (nSPS) is 9.95. The zero-order valence-electron chi connectivity index (χ0n) is 11.0. The molecule has 1 N–H and O–H groups in total. The Morgan fingerprint density at radius 2 is 2.05 bits per heavy atom. The maximum Gasteiger partial charge on any atom is 0.338 e. The number of carbonyl (C=O) groups is 2. The highest BCUT2D eigenvalue weighted by atomic mass is 16.5. The number of rotatable bonds is 7. The molecular weight excluding hydrogens is 244 g/mol. The van der Waals surface area contributed by atoms with Crippen molar-refractivity contribution in [3.63, 3.8) is 0 Å². The van der Waals surface area contributed by atoms with Gasteiger partial charge in [-0.1, -0.05) is 18.7 Å². The van der Waals surface area contributed by atoms with Gasteiger partial charge in [0.2, 0.25) is 0 Å². The number of aryl methyl sites for hydroxylation is 1. The van der Waals surface area contributed by atoms with Crippen molar-refractivity contribution < 1.29 is 19.4 Å². The Bertz CT molecular complexity index is 477. The lowest BCUT2D eigenvalue weighted by Crippen LogP contribution is -2.08. The first-order valence-corrected chi connectivity index (χ1v) is 6.17. The fraction of sp³-hybridized carbons (Fsp3) is 0.333. The fourth-order valence-corrected chi connectivity index (χ4v) is 1.56. The van der Waals surface area contributed by atoms with Crippen molar-refractivity contribution in [2.24, 2.45) is 0 Å². The molecule has 4 heteroatoms. The second-order valence-corrected chi connectivity index (χ2v) is 4.42. The Morgan fingerprint density at radius 1 is 1.32 bits per heavy atom. The van der Waals surface area contributed by atoms with Gasteiger partial charge in [0.15, 0.2) is 0 Å². The van der Waals surface area contributed by atoms with Gasteiger partial charge >= 0.3 is 11.9 Å². The van der Waals surface area contributed by atoms with Crippen LogP contribution in [-0.2, 0) is 16.0 Å². The van der Waals surface area contributed by atoms with Crippen LogP contribution in [0.3, 0.4) is 0 Å². The molecule has 0 amide bonds. The lowest BCUT2D eigenvalue weighted by Gasteiger charge is -2.06. The van der Waals surface area contributed by atoms with Crippen LogP contribution in [0, 0.1) is 0 Å². The molecule has 1 aromatic carbocycles. The third-order valence-corrected chi connectivity index (χ3v) is 2.56. The number of ether oxygens (including phenoxy) is 1. The predicted octanol–water partition coefficient (Wildman–Crippen LogP) is 2.97. The second-order valence-electron chi connectivity index (χ2n) is 4.42. The highest BCUT2D eigenvalue weighted by Gasteiger charge is 2.05. The van der Waals surface area contributed by atoms with Gasteiger partial charge in [-0.3, -0.25) is 4.79 Å². The van der Waals surface area contributed by atoms with E-state index in [9.17, 15) is 9.59 Å². The van der Waals surface area contributed by atoms with E-state index in [-0.39, 0.29) is 6.42 Å². The summed E-state index contributed by atoms with van der Waals surface area (Å²) < 4.78 is 5.13. The summed E-state index contributed by atoms with van der Waals surface area (Å²) in [5.74, 6) is -0.726. The first-order chi connectivity index (χ1) is 8.99. The molecule has 0 spiro atoms. The number of hydrogen-bond acceptors (Lipinski definition) is 3. The first kappa shape index (κ1) is 15.0. The van der Waals surface area contributed by atoms with E-state index in [2.05, 4.69) is 6.58 Å². The van der Waals surface area contributed by atoms with Gasteiger partial charge in [-0.2, -0.15) is 0 Å². The van der Waals surface area contributed by atoms with Crippen molar-refractivity contribution in [3.8, 4) is 5.75 Å². The minimum Gasteiger partial charge on any atom is -0.481 e. The van der Waals surface area contributed by atoms with Gasteiger partial charge in [-0.05, 0) is 43.9 Å². The molecular formula is C15H18O4. The van der Waals surface area contributed by atoms with Crippen LogP contribution < -0.4 is 4.74 Å². The maximum absolute atomic E-state index is 11.4. The van der Waals surface area contributed by atoms with E-state index in [1.807, 2.05) is 12.1 Å². The first-order valence-electron chi connectivity index (χ1n) is 6.17. The van der Waals surface area contributed by atoms with Gasteiger partial charge in [-0.15, -0.1) is 0 Å². The highest BCUT2D eigenvalue weighted by Crippen LogP contribution is 2.16. The zero-order valence-corrected chi connectivity index (χ0v) is 11.0. The Morgan fingerprint density at radius 3 is 2.68 bits per heavy atom. The number of hydrogen-bond donors (Lipinski definition) is 1. The highest BCUT2D eigenvalue weighted by molar-refractivity contribution is 5.88. The molecule has 0 aliphatic heterocycles. The largest absolute Gasteiger partial charge is 0.481 e. The fourth-order valence-electron chi connectivity index (χ4n) is 1.56. The molecule has 4 nitrogen and oxygen atoms in total. The second kappa shape index (κ2) is 7.36. The Hall–Kier alpha value is -2.10. The van der Waals surface area contributed by atoms with E-state index in [1.54, 1.807) is 19.1 Å². The van der Waals surface area contributed by atoms with Crippen molar-refractivity contribution in [1.82, 2.24) is 0 Å². The summed E-state index contributed by atoms with van der Waals surface area (Å²) >= 11 is 0. The van der Waals surface area contributed by atoms with E-state index in [1.165, 1.54) is 0 Å². The smallest absolute Gasteiger partial charge is 0.338 e. The Kier molecular flexibility index (Phi) is 5.79. The van der Waals surface area contributed by atoms with Crippen molar-refractivity contribution >= 4 is 11.9 Å². The molecule has 19 heavy (non-hydrogen) atoms. The topological polar surface area (TPSA) is 63.6 Å². The average Bonchev–Trinajstić information content (AvgIpc) is 2.35. The lowest BCUT2D eigenvalue weighted by atomic mass is 10.1.